The molecule has 0 aliphatic carbocycles. The highest BCUT2D eigenvalue weighted by molar-refractivity contribution is 5.22. The zero-order chi connectivity index (χ0) is 15.2. The van der Waals surface area contributed by atoms with Gasteiger partial charge >= 0.3 is 0 Å². The zero-order valence-electron chi connectivity index (χ0n) is 12.5. The van der Waals surface area contributed by atoms with Crippen molar-refractivity contribution in [1.82, 2.24) is 5.32 Å². The van der Waals surface area contributed by atoms with Gasteiger partial charge in [-0.1, -0.05) is 35.9 Å². The van der Waals surface area contributed by atoms with E-state index < -0.39 is 11.6 Å². The molecule has 1 unspecified atom stereocenters. The van der Waals surface area contributed by atoms with Crippen molar-refractivity contribution < 1.29 is 8.78 Å². The van der Waals surface area contributed by atoms with Crippen molar-refractivity contribution in [3.8, 4) is 0 Å². The molecule has 0 saturated heterocycles. The predicted octanol–water partition coefficient (Wildman–Crippen LogP) is 4.38. The van der Waals surface area contributed by atoms with Crippen molar-refractivity contribution in [3.05, 3.63) is 70.8 Å². The van der Waals surface area contributed by atoms with Crippen molar-refractivity contribution in [2.75, 3.05) is 0 Å². The average molecular weight is 289 g/mol. The molecular formula is C18H21F2N. The largest absolute Gasteiger partial charge is 0.310 e. The fourth-order valence-corrected chi connectivity index (χ4v) is 2.30. The van der Waals surface area contributed by atoms with Crippen LogP contribution in [0.15, 0.2) is 42.5 Å². The molecule has 0 fully saturated rings. The first kappa shape index (κ1) is 15.6. The number of nitrogens with one attached hydrogen (secondary N) is 1. The van der Waals surface area contributed by atoms with Gasteiger partial charge < -0.3 is 5.32 Å². The molecule has 2 aromatic rings. The van der Waals surface area contributed by atoms with E-state index in [9.17, 15) is 8.78 Å². The van der Waals surface area contributed by atoms with E-state index >= 15 is 0 Å². The lowest BCUT2D eigenvalue weighted by Crippen LogP contribution is -2.26. The van der Waals surface area contributed by atoms with Gasteiger partial charge in [-0.2, -0.15) is 0 Å². The second kappa shape index (κ2) is 7.32. The van der Waals surface area contributed by atoms with Crippen molar-refractivity contribution in [2.45, 2.75) is 39.3 Å². The van der Waals surface area contributed by atoms with Crippen LogP contribution in [0.3, 0.4) is 0 Å². The normalized spacial score (nSPS) is 12.4. The highest BCUT2D eigenvalue weighted by Gasteiger charge is 2.06. The van der Waals surface area contributed by atoms with E-state index in [-0.39, 0.29) is 6.04 Å². The van der Waals surface area contributed by atoms with Gasteiger partial charge in [-0.15, -0.1) is 0 Å². The lowest BCUT2D eigenvalue weighted by atomic mass is 10.0. The van der Waals surface area contributed by atoms with Crippen LogP contribution in [0.2, 0.25) is 0 Å². The minimum atomic E-state index is -0.538. The Labute approximate surface area is 125 Å². The second-order valence-corrected chi connectivity index (χ2v) is 5.55. The van der Waals surface area contributed by atoms with Gasteiger partial charge in [0.1, 0.15) is 11.6 Å². The summed E-state index contributed by atoms with van der Waals surface area (Å²) in [6, 6.07) is 12.4. The predicted molar refractivity (Wildman–Crippen MR) is 82.2 cm³/mol. The number of aryl methyl sites for hydroxylation is 2. The van der Waals surface area contributed by atoms with E-state index in [0.717, 1.165) is 18.9 Å². The Morgan fingerprint density at radius 3 is 2.62 bits per heavy atom. The fraction of sp³-hybridized carbons (Fsp3) is 0.333. The van der Waals surface area contributed by atoms with E-state index in [2.05, 4.69) is 43.4 Å². The van der Waals surface area contributed by atoms with E-state index in [1.54, 1.807) is 0 Å². The maximum absolute atomic E-state index is 13.5. The van der Waals surface area contributed by atoms with Crippen LogP contribution >= 0.6 is 0 Å². The number of benzene rings is 2. The Morgan fingerprint density at radius 1 is 1.10 bits per heavy atom. The van der Waals surface area contributed by atoms with Gasteiger partial charge in [-0.05, 0) is 38.3 Å². The van der Waals surface area contributed by atoms with Gasteiger partial charge in [0, 0.05) is 24.2 Å². The molecule has 2 aromatic carbocycles. The highest BCUT2D eigenvalue weighted by atomic mass is 19.1. The molecule has 0 heterocycles. The topological polar surface area (TPSA) is 12.0 Å². The molecule has 0 bridgehead atoms. The van der Waals surface area contributed by atoms with Gasteiger partial charge in [-0.25, -0.2) is 8.78 Å². The standard InChI is InChI=1S/C18H21F2N/c1-13-4-3-5-15(10-13)7-6-14(2)21-12-16-8-9-17(19)11-18(16)20/h3-5,8-11,14,21H,6-7,12H2,1-2H3. The third-order valence-electron chi connectivity index (χ3n) is 3.60. The molecule has 3 heteroatoms. The zero-order valence-corrected chi connectivity index (χ0v) is 12.5. The molecule has 1 N–H and O–H groups in total. The third kappa shape index (κ3) is 4.94. The summed E-state index contributed by atoms with van der Waals surface area (Å²) in [4.78, 5) is 0. The highest BCUT2D eigenvalue weighted by Crippen LogP contribution is 2.11. The number of rotatable bonds is 6. The molecule has 0 aliphatic heterocycles. The Kier molecular flexibility index (Phi) is 5.45. The average Bonchev–Trinajstić information content (AvgIpc) is 2.44. The maximum atomic E-state index is 13.5. The van der Waals surface area contributed by atoms with E-state index in [4.69, 9.17) is 0 Å². The molecule has 0 amide bonds. The Hall–Kier alpha value is -1.74. The second-order valence-electron chi connectivity index (χ2n) is 5.55. The van der Waals surface area contributed by atoms with Crippen molar-refractivity contribution in [1.29, 1.82) is 0 Å². The first-order chi connectivity index (χ1) is 10.0. The summed E-state index contributed by atoms with van der Waals surface area (Å²) in [5.74, 6) is -1.03. The number of hydrogen-bond donors (Lipinski definition) is 1. The quantitative estimate of drug-likeness (QED) is 0.832. The summed E-state index contributed by atoms with van der Waals surface area (Å²) >= 11 is 0. The van der Waals surface area contributed by atoms with Crippen LogP contribution in [0.4, 0.5) is 8.78 Å². The molecule has 0 aliphatic rings. The Morgan fingerprint density at radius 2 is 1.90 bits per heavy atom. The van der Waals surface area contributed by atoms with Crippen molar-refractivity contribution >= 4 is 0 Å². The van der Waals surface area contributed by atoms with Crippen LogP contribution in [0.25, 0.3) is 0 Å². The summed E-state index contributed by atoms with van der Waals surface area (Å²) < 4.78 is 26.3. The van der Waals surface area contributed by atoms with Crippen LogP contribution in [-0.4, -0.2) is 6.04 Å². The van der Waals surface area contributed by atoms with Crippen molar-refractivity contribution in [2.24, 2.45) is 0 Å². The summed E-state index contributed by atoms with van der Waals surface area (Å²) in [5.41, 5.74) is 3.08. The molecule has 112 valence electrons. The van der Waals surface area contributed by atoms with E-state index in [1.165, 1.54) is 23.3 Å². The van der Waals surface area contributed by atoms with E-state index in [0.29, 0.717) is 12.1 Å². The number of halogens is 2. The molecule has 1 nitrogen and oxygen atoms in total. The first-order valence-electron chi connectivity index (χ1n) is 7.27. The van der Waals surface area contributed by atoms with Crippen LogP contribution in [0.5, 0.6) is 0 Å². The SMILES string of the molecule is Cc1cccc(CCC(C)NCc2ccc(F)cc2F)c1. The smallest absolute Gasteiger partial charge is 0.130 e. The van der Waals surface area contributed by atoms with Crippen LogP contribution < -0.4 is 5.32 Å². The molecule has 0 aromatic heterocycles. The number of hydrogen-bond acceptors (Lipinski definition) is 1. The lowest BCUT2D eigenvalue weighted by molar-refractivity contribution is 0.498. The van der Waals surface area contributed by atoms with Crippen LogP contribution in [0.1, 0.15) is 30.0 Å². The van der Waals surface area contributed by atoms with Crippen LogP contribution in [0, 0.1) is 18.6 Å². The molecule has 0 saturated carbocycles. The lowest BCUT2D eigenvalue weighted by Gasteiger charge is -2.14. The maximum Gasteiger partial charge on any atom is 0.130 e. The molecular weight excluding hydrogens is 268 g/mol. The molecule has 0 radical (unpaired) electrons. The fourth-order valence-electron chi connectivity index (χ4n) is 2.30. The van der Waals surface area contributed by atoms with Gasteiger partial charge in [0.25, 0.3) is 0 Å². The Bertz CT molecular complexity index is 596. The third-order valence-corrected chi connectivity index (χ3v) is 3.60. The van der Waals surface area contributed by atoms with Gasteiger partial charge in [-0.3, -0.25) is 0 Å². The Balaban J connectivity index is 1.80. The summed E-state index contributed by atoms with van der Waals surface area (Å²) in [5, 5.41) is 3.28. The minimum Gasteiger partial charge on any atom is -0.310 e. The van der Waals surface area contributed by atoms with Gasteiger partial charge in [0.05, 0.1) is 0 Å². The molecule has 21 heavy (non-hydrogen) atoms. The van der Waals surface area contributed by atoms with E-state index in [1.807, 2.05) is 0 Å². The van der Waals surface area contributed by atoms with Crippen LogP contribution in [-0.2, 0) is 13.0 Å². The summed E-state index contributed by atoms with van der Waals surface area (Å²) in [7, 11) is 0. The summed E-state index contributed by atoms with van der Waals surface area (Å²) in [6.45, 7) is 4.58. The van der Waals surface area contributed by atoms with Gasteiger partial charge in [0.15, 0.2) is 0 Å². The molecule has 2 rings (SSSR count). The first-order valence-corrected chi connectivity index (χ1v) is 7.27. The van der Waals surface area contributed by atoms with Crippen molar-refractivity contribution in [3.63, 3.8) is 0 Å². The molecule has 1 atom stereocenters. The van der Waals surface area contributed by atoms with Gasteiger partial charge in [0.2, 0.25) is 0 Å². The monoisotopic (exact) mass is 289 g/mol. The minimum absolute atomic E-state index is 0.273. The summed E-state index contributed by atoms with van der Waals surface area (Å²) in [6.07, 6.45) is 1.97. The molecule has 0 spiro atoms.